The van der Waals surface area contributed by atoms with E-state index in [4.69, 9.17) is 4.74 Å². The number of halogens is 2. The van der Waals surface area contributed by atoms with E-state index < -0.39 is 4.92 Å². The maximum Gasteiger partial charge on any atom is 0.311 e. The maximum absolute atomic E-state index is 11.2. The van der Waals surface area contributed by atoms with Crippen molar-refractivity contribution in [3.63, 3.8) is 0 Å². The molecular formula is C16H25Cl2N3O4. The lowest BCUT2D eigenvalue weighted by Crippen LogP contribution is -2.47. The Morgan fingerprint density at radius 2 is 1.88 bits per heavy atom. The molecule has 0 saturated carbocycles. The molecule has 9 heteroatoms. The highest BCUT2D eigenvalue weighted by Gasteiger charge is 2.32. The molecule has 0 bridgehead atoms. The van der Waals surface area contributed by atoms with Crippen molar-refractivity contribution in [1.82, 2.24) is 10.2 Å². The van der Waals surface area contributed by atoms with E-state index >= 15 is 0 Å². The summed E-state index contributed by atoms with van der Waals surface area (Å²) in [6.45, 7) is 5.20. The summed E-state index contributed by atoms with van der Waals surface area (Å²) >= 11 is 0. The summed E-state index contributed by atoms with van der Waals surface area (Å²) in [4.78, 5) is 13.0. The van der Waals surface area contributed by atoms with E-state index in [9.17, 15) is 15.2 Å². The predicted octanol–water partition coefficient (Wildman–Crippen LogP) is 2.52. The monoisotopic (exact) mass is 393 g/mol. The van der Waals surface area contributed by atoms with Crippen LogP contribution in [-0.4, -0.2) is 54.3 Å². The van der Waals surface area contributed by atoms with Crippen molar-refractivity contribution in [1.29, 1.82) is 0 Å². The lowest BCUT2D eigenvalue weighted by Gasteiger charge is -2.41. The second kappa shape index (κ2) is 10.1. The number of hydrogen-bond acceptors (Lipinski definition) is 6. The molecule has 1 aromatic rings. The maximum atomic E-state index is 11.2. The third-order valence-electron chi connectivity index (χ3n) is 4.80. The van der Waals surface area contributed by atoms with E-state index in [1.807, 2.05) is 6.07 Å². The first kappa shape index (κ1) is 21.9. The minimum Gasteiger partial charge on any atom is -0.502 e. The van der Waals surface area contributed by atoms with Crippen LogP contribution in [0.15, 0.2) is 18.2 Å². The molecule has 2 N–H and O–H groups in total. The van der Waals surface area contributed by atoms with Crippen LogP contribution in [0.2, 0.25) is 0 Å². The Morgan fingerprint density at radius 3 is 2.48 bits per heavy atom. The highest BCUT2D eigenvalue weighted by molar-refractivity contribution is 5.85. The van der Waals surface area contributed by atoms with Crippen LogP contribution in [0, 0.1) is 16.0 Å². The van der Waals surface area contributed by atoms with Gasteiger partial charge in [-0.15, -0.1) is 24.8 Å². The number of nitro benzene ring substituents is 1. The number of nitrogens with one attached hydrogen (secondary N) is 1. The van der Waals surface area contributed by atoms with Gasteiger partial charge in [-0.3, -0.25) is 15.0 Å². The summed E-state index contributed by atoms with van der Waals surface area (Å²) in [6, 6.07) is 4.95. The topological polar surface area (TPSA) is 87.9 Å². The molecule has 0 radical (unpaired) electrons. The molecule has 25 heavy (non-hydrogen) atoms. The Kier molecular flexibility index (Phi) is 8.88. The molecule has 1 aromatic carbocycles. The van der Waals surface area contributed by atoms with Crippen LogP contribution in [0.5, 0.6) is 5.75 Å². The van der Waals surface area contributed by atoms with E-state index in [1.165, 1.54) is 12.1 Å². The number of phenolic OH excluding ortho intramolecular Hbond substituents is 1. The van der Waals surface area contributed by atoms with Crippen LogP contribution < -0.4 is 5.32 Å². The van der Waals surface area contributed by atoms with Gasteiger partial charge in [-0.05, 0) is 30.4 Å². The van der Waals surface area contributed by atoms with Gasteiger partial charge in [0.25, 0.3) is 0 Å². The normalized spacial score (nSPS) is 20.2. The van der Waals surface area contributed by atoms with Gasteiger partial charge in [0.1, 0.15) is 0 Å². The SMILES string of the molecule is Cl.Cl.O=[N+]([O-])c1cc([C@H](C2CCOCC2)N2CCNCC2)ccc1O. The number of phenols is 1. The van der Waals surface area contributed by atoms with Gasteiger partial charge in [0.15, 0.2) is 5.75 Å². The zero-order valence-corrected chi connectivity index (χ0v) is 15.6. The van der Waals surface area contributed by atoms with Crippen molar-refractivity contribution >= 4 is 30.5 Å². The molecule has 0 spiro atoms. The fourth-order valence-corrected chi connectivity index (χ4v) is 3.64. The first-order chi connectivity index (χ1) is 11.2. The fraction of sp³-hybridized carbons (Fsp3) is 0.625. The van der Waals surface area contributed by atoms with Crippen molar-refractivity contribution < 1.29 is 14.8 Å². The second-order valence-corrected chi connectivity index (χ2v) is 6.19. The van der Waals surface area contributed by atoms with Gasteiger partial charge in [0.05, 0.1) is 4.92 Å². The zero-order chi connectivity index (χ0) is 16.2. The average Bonchev–Trinajstić information content (AvgIpc) is 2.58. The number of piperazine rings is 1. The molecule has 0 aliphatic carbocycles. The van der Waals surface area contributed by atoms with Gasteiger partial charge in [-0.1, -0.05) is 6.07 Å². The summed E-state index contributed by atoms with van der Waals surface area (Å²) in [7, 11) is 0. The number of nitro groups is 1. The first-order valence-corrected chi connectivity index (χ1v) is 8.16. The Bertz CT molecular complexity index is 546. The first-order valence-electron chi connectivity index (χ1n) is 8.16. The second-order valence-electron chi connectivity index (χ2n) is 6.19. The van der Waals surface area contributed by atoms with Gasteiger partial charge in [0.2, 0.25) is 0 Å². The minimum atomic E-state index is -0.516. The zero-order valence-electron chi connectivity index (χ0n) is 13.9. The molecule has 0 aromatic heterocycles. The van der Waals surface area contributed by atoms with Crippen LogP contribution in [0.3, 0.4) is 0 Å². The van der Waals surface area contributed by atoms with Crippen molar-refractivity contribution in [2.24, 2.45) is 5.92 Å². The molecule has 0 amide bonds. The Balaban J connectivity index is 0.00000156. The van der Waals surface area contributed by atoms with E-state index in [1.54, 1.807) is 0 Å². The van der Waals surface area contributed by atoms with Crippen LogP contribution in [0.4, 0.5) is 5.69 Å². The summed E-state index contributed by atoms with van der Waals surface area (Å²) in [5.41, 5.74) is 0.706. The minimum absolute atomic E-state index is 0. The van der Waals surface area contributed by atoms with Crippen molar-refractivity contribution in [2.45, 2.75) is 18.9 Å². The molecular weight excluding hydrogens is 369 g/mol. The number of ether oxygens (including phenoxy) is 1. The Labute approximate surface area is 159 Å². The summed E-state index contributed by atoms with van der Waals surface area (Å²) in [6.07, 6.45) is 1.92. The summed E-state index contributed by atoms with van der Waals surface area (Å²) in [5, 5.41) is 24.2. The molecule has 2 fully saturated rings. The van der Waals surface area contributed by atoms with Crippen LogP contribution in [0.25, 0.3) is 0 Å². The van der Waals surface area contributed by atoms with E-state index in [-0.39, 0.29) is 42.3 Å². The Hall–Kier alpha value is -1.12. The number of benzene rings is 1. The van der Waals surface area contributed by atoms with E-state index in [2.05, 4.69) is 10.2 Å². The predicted molar refractivity (Wildman–Crippen MR) is 100.0 cm³/mol. The van der Waals surface area contributed by atoms with Gasteiger partial charge in [-0.25, -0.2) is 0 Å². The van der Waals surface area contributed by atoms with Gasteiger partial charge < -0.3 is 15.2 Å². The lowest BCUT2D eigenvalue weighted by molar-refractivity contribution is -0.386. The largest absolute Gasteiger partial charge is 0.502 e. The molecule has 2 heterocycles. The molecule has 2 saturated heterocycles. The van der Waals surface area contributed by atoms with Crippen molar-refractivity contribution in [3.8, 4) is 5.75 Å². The van der Waals surface area contributed by atoms with Crippen LogP contribution in [-0.2, 0) is 4.74 Å². The third-order valence-corrected chi connectivity index (χ3v) is 4.80. The van der Waals surface area contributed by atoms with Crippen molar-refractivity contribution in [2.75, 3.05) is 39.4 Å². The summed E-state index contributed by atoms with van der Waals surface area (Å²) in [5.74, 6) is 0.149. The highest BCUT2D eigenvalue weighted by Crippen LogP contribution is 2.38. The molecule has 1 atom stereocenters. The number of rotatable bonds is 4. The lowest BCUT2D eigenvalue weighted by atomic mass is 9.85. The third kappa shape index (κ3) is 5.18. The smallest absolute Gasteiger partial charge is 0.311 e. The molecule has 2 aliphatic heterocycles. The number of hydrogen-bond donors (Lipinski definition) is 2. The van der Waals surface area contributed by atoms with Gasteiger partial charge in [0, 0.05) is 51.5 Å². The van der Waals surface area contributed by atoms with Crippen LogP contribution in [0.1, 0.15) is 24.4 Å². The number of nitrogens with zero attached hydrogens (tertiary/aromatic N) is 2. The quantitative estimate of drug-likeness (QED) is 0.603. The molecule has 0 unspecified atom stereocenters. The fourth-order valence-electron chi connectivity index (χ4n) is 3.64. The highest BCUT2D eigenvalue weighted by atomic mass is 35.5. The standard InChI is InChI=1S/C16H23N3O4.2ClH/c20-15-2-1-13(11-14(15)19(21)22)16(12-3-9-23-10-4-12)18-7-5-17-6-8-18;;/h1-2,11-12,16-17,20H,3-10H2;2*1H/t16-;;/m0../s1. The van der Waals surface area contributed by atoms with E-state index in [0.717, 1.165) is 57.8 Å². The summed E-state index contributed by atoms with van der Waals surface area (Å²) < 4.78 is 5.48. The molecule has 2 aliphatic rings. The Morgan fingerprint density at radius 1 is 1.24 bits per heavy atom. The van der Waals surface area contributed by atoms with Crippen molar-refractivity contribution in [3.05, 3.63) is 33.9 Å². The van der Waals surface area contributed by atoms with E-state index in [0.29, 0.717) is 5.92 Å². The van der Waals surface area contributed by atoms with Crippen LogP contribution >= 0.6 is 24.8 Å². The number of aromatic hydroxyl groups is 1. The van der Waals surface area contributed by atoms with Gasteiger partial charge in [-0.2, -0.15) is 0 Å². The molecule has 142 valence electrons. The average molecular weight is 394 g/mol. The molecule has 3 rings (SSSR count). The van der Waals surface area contributed by atoms with Gasteiger partial charge >= 0.3 is 5.69 Å². The molecule has 7 nitrogen and oxygen atoms in total.